The van der Waals surface area contributed by atoms with Crippen LogP contribution < -0.4 is 5.32 Å². The molecule has 0 aliphatic carbocycles. The molecule has 2 heterocycles. The molecule has 7 heteroatoms. The van der Waals surface area contributed by atoms with Crippen LogP contribution in [-0.4, -0.2) is 41.4 Å². The number of hydrogen-bond donors (Lipinski definition) is 2. The number of nitrogens with one attached hydrogen (secondary N) is 1. The summed E-state index contributed by atoms with van der Waals surface area (Å²) in [5.74, 6) is -0.931. The number of aromatic nitrogens is 1. The normalized spacial score (nSPS) is 19.3. The molecule has 29 heavy (non-hydrogen) atoms. The molecule has 2 atom stereocenters. The van der Waals surface area contributed by atoms with Crippen molar-refractivity contribution in [2.45, 2.75) is 25.0 Å². The molecular formula is C22H20ClFN2O3. The Kier molecular flexibility index (Phi) is 5.76. The molecule has 0 spiro atoms. The topological polar surface area (TPSA) is 71.5 Å². The van der Waals surface area contributed by atoms with E-state index in [9.17, 15) is 14.3 Å². The molecule has 1 aromatic heterocycles. The maximum atomic E-state index is 14.5. The number of pyridine rings is 1. The SMILES string of the molecule is O=C(NC1CCOCC1O)c1cc(Cc2ccc(Cl)cc2)c2cccc(F)c2n1. The van der Waals surface area contributed by atoms with E-state index in [2.05, 4.69) is 10.3 Å². The number of aliphatic hydroxyl groups is 1. The van der Waals surface area contributed by atoms with Gasteiger partial charge in [-0.15, -0.1) is 0 Å². The average molecular weight is 415 g/mol. The Morgan fingerprint density at radius 3 is 2.83 bits per heavy atom. The molecule has 1 amide bonds. The highest BCUT2D eigenvalue weighted by Crippen LogP contribution is 2.24. The zero-order valence-corrected chi connectivity index (χ0v) is 16.3. The lowest BCUT2D eigenvalue weighted by molar-refractivity contribution is -0.0261. The molecule has 1 aliphatic heterocycles. The second kappa shape index (κ2) is 8.45. The van der Waals surface area contributed by atoms with E-state index in [4.69, 9.17) is 16.3 Å². The summed E-state index contributed by atoms with van der Waals surface area (Å²) in [6.07, 6.45) is 0.227. The number of halogens is 2. The molecule has 1 aliphatic rings. The molecule has 4 rings (SSSR count). The molecule has 2 N–H and O–H groups in total. The summed E-state index contributed by atoms with van der Waals surface area (Å²) in [4.78, 5) is 17.1. The lowest BCUT2D eigenvalue weighted by Gasteiger charge is -2.28. The minimum Gasteiger partial charge on any atom is -0.389 e. The van der Waals surface area contributed by atoms with Gasteiger partial charge in [-0.3, -0.25) is 4.79 Å². The van der Waals surface area contributed by atoms with Gasteiger partial charge in [-0.2, -0.15) is 0 Å². The molecule has 150 valence electrons. The van der Waals surface area contributed by atoms with Crippen molar-refractivity contribution >= 4 is 28.4 Å². The van der Waals surface area contributed by atoms with Crippen LogP contribution in [0, 0.1) is 5.82 Å². The summed E-state index contributed by atoms with van der Waals surface area (Å²) in [6, 6.07) is 13.4. The van der Waals surface area contributed by atoms with Crippen molar-refractivity contribution < 1.29 is 19.0 Å². The van der Waals surface area contributed by atoms with Crippen molar-refractivity contribution in [2.75, 3.05) is 13.2 Å². The number of amides is 1. The van der Waals surface area contributed by atoms with E-state index in [1.807, 2.05) is 12.1 Å². The Hall–Kier alpha value is -2.54. The third-order valence-corrected chi connectivity index (χ3v) is 5.31. The molecule has 5 nitrogen and oxygen atoms in total. The summed E-state index contributed by atoms with van der Waals surface area (Å²) in [6.45, 7) is 0.635. The van der Waals surface area contributed by atoms with Gasteiger partial charge in [0.2, 0.25) is 0 Å². The third-order valence-electron chi connectivity index (χ3n) is 5.06. The maximum absolute atomic E-state index is 14.5. The first kappa shape index (κ1) is 19.8. The summed E-state index contributed by atoms with van der Waals surface area (Å²) in [7, 11) is 0. The van der Waals surface area contributed by atoms with Gasteiger partial charge in [0.1, 0.15) is 17.0 Å². The van der Waals surface area contributed by atoms with Gasteiger partial charge in [0.25, 0.3) is 5.91 Å². The van der Waals surface area contributed by atoms with Gasteiger partial charge < -0.3 is 15.2 Å². The Labute approximate surface area is 172 Å². The summed E-state index contributed by atoms with van der Waals surface area (Å²) in [5.41, 5.74) is 2.04. The van der Waals surface area contributed by atoms with Gasteiger partial charge in [-0.25, -0.2) is 9.37 Å². The number of rotatable bonds is 4. The number of benzene rings is 2. The van der Waals surface area contributed by atoms with E-state index in [1.165, 1.54) is 6.07 Å². The highest BCUT2D eigenvalue weighted by Gasteiger charge is 2.26. The molecule has 0 saturated carbocycles. The first-order chi connectivity index (χ1) is 14.0. The lowest BCUT2D eigenvalue weighted by atomic mass is 9.99. The van der Waals surface area contributed by atoms with Crippen LogP contribution in [0.2, 0.25) is 5.02 Å². The Morgan fingerprint density at radius 1 is 1.28 bits per heavy atom. The predicted molar refractivity (Wildman–Crippen MR) is 109 cm³/mol. The second-order valence-electron chi connectivity index (χ2n) is 7.12. The molecule has 3 aromatic rings. The maximum Gasteiger partial charge on any atom is 0.270 e. The third kappa shape index (κ3) is 4.40. The average Bonchev–Trinajstić information content (AvgIpc) is 2.72. The zero-order chi connectivity index (χ0) is 20.4. The molecule has 0 bridgehead atoms. The van der Waals surface area contributed by atoms with Crippen LogP contribution in [0.3, 0.4) is 0 Å². The van der Waals surface area contributed by atoms with E-state index in [0.29, 0.717) is 29.9 Å². The summed E-state index contributed by atoms with van der Waals surface area (Å²) < 4.78 is 19.6. The first-order valence-electron chi connectivity index (χ1n) is 9.40. The molecule has 2 aromatic carbocycles. The van der Waals surface area contributed by atoms with Gasteiger partial charge in [-0.05, 0) is 48.2 Å². The van der Waals surface area contributed by atoms with Crippen molar-refractivity contribution in [3.05, 3.63) is 76.2 Å². The van der Waals surface area contributed by atoms with Crippen LogP contribution >= 0.6 is 11.6 Å². The molecular weight excluding hydrogens is 395 g/mol. The van der Waals surface area contributed by atoms with E-state index >= 15 is 0 Å². The fourth-order valence-corrected chi connectivity index (χ4v) is 3.63. The van der Waals surface area contributed by atoms with Crippen LogP contribution in [0.1, 0.15) is 28.0 Å². The number of carbonyl (C=O) groups excluding carboxylic acids is 1. The number of nitrogens with zero attached hydrogens (tertiary/aromatic N) is 1. The summed E-state index contributed by atoms with van der Waals surface area (Å²) in [5, 5.41) is 14.1. The quantitative estimate of drug-likeness (QED) is 0.685. The minimum absolute atomic E-state index is 0.116. The number of para-hydroxylation sites is 1. The van der Waals surface area contributed by atoms with E-state index in [0.717, 1.165) is 11.1 Å². The fourth-order valence-electron chi connectivity index (χ4n) is 3.50. The van der Waals surface area contributed by atoms with E-state index in [1.54, 1.807) is 30.3 Å². The second-order valence-corrected chi connectivity index (χ2v) is 7.55. The Balaban J connectivity index is 1.69. The van der Waals surface area contributed by atoms with Crippen LogP contribution in [0.25, 0.3) is 10.9 Å². The standard InChI is InChI=1S/C22H20ClFN2O3/c23-15-6-4-13(5-7-15)10-14-11-19(25-21-16(14)2-1-3-17(21)24)22(28)26-18-8-9-29-12-20(18)27/h1-7,11,18,20,27H,8-10,12H2,(H,26,28). The zero-order valence-electron chi connectivity index (χ0n) is 15.6. The minimum atomic E-state index is -0.779. The van der Waals surface area contributed by atoms with Crippen LogP contribution in [0.4, 0.5) is 4.39 Å². The number of fused-ring (bicyclic) bond motifs is 1. The van der Waals surface area contributed by atoms with Gasteiger partial charge in [0.15, 0.2) is 0 Å². The van der Waals surface area contributed by atoms with E-state index in [-0.39, 0.29) is 17.8 Å². The number of aliphatic hydroxyl groups excluding tert-OH is 1. The van der Waals surface area contributed by atoms with Crippen molar-refractivity contribution in [1.82, 2.24) is 10.3 Å². The smallest absolute Gasteiger partial charge is 0.270 e. The number of hydrogen-bond acceptors (Lipinski definition) is 4. The highest BCUT2D eigenvalue weighted by molar-refractivity contribution is 6.30. The fraction of sp³-hybridized carbons (Fsp3) is 0.273. The van der Waals surface area contributed by atoms with Crippen LogP contribution in [0.15, 0.2) is 48.5 Å². The van der Waals surface area contributed by atoms with Gasteiger partial charge in [0, 0.05) is 17.0 Å². The predicted octanol–water partition coefficient (Wildman–Crippen LogP) is 3.50. The monoisotopic (exact) mass is 414 g/mol. The molecule has 0 radical (unpaired) electrons. The van der Waals surface area contributed by atoms with Crippen molar-refractivity contribution in [1.29, 1.82) is 0 Å². The van der Waals surface area contributed by atoms with Crippen molar-refractivity contribution in [3.63, 3.8) is 0 Å². The molecule has 1 fully saturated rings. The van der Waals surface area contributed by atoms with Crippen molar-refractivity contribution in [2.24, 2.45) is 0 Å². The van der Waals surface area contributed by atoms with Gasteiger partial charge in [0.05, 0.1) is 18.8 Å². The van der Waals surface area contributed by atoms with Crippen molar-refractivity contribution in [3.8, 4) is 0 Å². The highest BCUT2D eigenvalue weighted by atomic mass is 35.5. The van der Waals surface area contributed by atoms with Gasteiger partial charge >= 0.3 is 0 Å². The van der Waals surface area contributed by atoms with E-state index < -0.39 is 23.9 Å². The number of ether oxygens (including phenoxy) is 1. The number of carbonyl (C=O) groups is 1. The summed E-state index contributed by atoms with van der Waals surface area (Å²) >= 11 is 5.96. The van der Waals surface area contributed by atoms with Gasteiger partial charge in [-0.1, -0.05) is 35.9 Å². The van der Waals surface area contributed by atoms with Crippen LogP contribution in [0.5, 0.6) is 0 Å². The lowest BCUT2D eigenvalue weighted by Crippen LogP contribution is -2.48. The molecule has 1 saturated heterocycles. The Bertz CT molecular complexity index is 1040. The van der Waals surface area contributed by atoms with Crippen LogP contribution in [-0.2, 0) is 11.2 Å². The Morgan fingerprint density at radius 2 is 2.07 bits per heavy atom. The molecule has 2 unspecified atom stereocenters. The largest absolute Gasteiger partial charge is 0.389 e. The first-order valence-corrected chi connectivity index (χ1v) is 9.78.